The topological polar surface area (TPSA) is 77.2 Å². The zero-order valence-electron chi connectivity index (χ0n) is 20.1. The van der Waals surface area contributed by atoms with Crippen LogP contribution >= 0.6 is 0 Å². The maximum Gasteiger partial charge on any atom is 0.435 e. The van der Waals surface area contributed by atoms with E-state index in [1.54, 1.807) is 0 Å². The van der Waals surface area contributed by atoms with Crippen molar-refractivity contribution in [2.75, 3.05) is 26.0 Å². The predicted octanol–water partition coefficient (Wildman–Crippen LogP) is 5.15. The third kappa shape index (κ3) is 6.27. The van der Waals surface area contributed by atoms with Gasteiger partial charge in [0, 0.05) is 30.0 Å². The smallest absolute Gasteiger partial charge is 0.322 e. The molecule has 13 heteroatoms. The molecule has 0 spiro atoms. The number of alkyl halides is 6. The average molecular weight is 527 g/mol. The van der Waals surface area contributed by atoms with Crippen LogP contribution in [0.4, 0.5) is 38.0 Å². The molecule has 0 unspecified atom stereocenters. The van der Waals surface area contributed by atoms with Crippen LogP contribution in [0.1, 0.15) is 41.8 Å². The van der Waals surface area contributed by atoms with Gasteiger partial charge in [-0.2, -0.15) is 26.3 Å². The number of rotatable bonds is 6. The third-order valence-corrected chi connectivity index (χ3v) is 6.01. The highest BCUT2D eigenvalue weighted by Gasteiger charge is 2.39. The van der Waals surface area contributed by atoms with Crippen LogP contribution in [0.5, 0.6) is 0 Å². The Hall–Kier alpha value is -3.48. The number of nitrogens with zero attached hydrogens (tertiary/aromatic N) is 5. The highest BCUT2D eigenvalue weighted by molar-refractivity contribution is 6.04. The van der Waals surface area contributed by atoms with E-state index >= 15 is 0 Å². The van der Waals surface area contributed by atoms with E-state index in [0.717, 1.165) is 17.4 Å². The number of hydroxylamine groups is 1. The summed E-state index contributed by atoms with van der Waals surface area (Å²) in [6.45, 7) is 0.661. The van der Waals surface area contributed by atoms with Crippen molar-refractivity contribution >= 4 is 23.4 Å². The van der Waals surface area contributed by atoms with E-state index in [1.165, 1.54) is 24.5 Å². The molecule has 0 bridgehead atoms. The first-order valence-electron chi connectivity index (χ1n) is 11.5. The van der Waals surface area contributed by atoms with Crippen molar-refractivity contribution in [1.29, 1.82) is 0 Å². The number of nitrogens with one attached hydrogen (secondary N) is 1. The summed E-state index contributed by atoms with van der Waals surface area (Å²) in [6, 6.07) is 1.35. The molecule has 2 aromatic rings. The maximum atomic E-state index is 13.6. The molecular formula is C24H25F6N6O+. The summed E-state index contributed by atoms with van der Waals surface area (Å²) in [5.41, 5.74) is -0.595. The molecule has 2 aromatic heterocycles. The van der Waals surface area contributed by atoms with Gasteiger partial charge in [0.05, 0.1) is 16.9 Å². The van der Waals surface area contributed by atoms with Crippen molar-refractivity contribution in [3.8, 4) is 0 Å². The molecule has 4 rings (SSSR count). The summed E-state index contributed by atoms with van der Waals surface area (Å²) in [4.78, 5) is 13.9. The average Bonchev–Trinajstić information content (AvgIpc) is 2.92. The van der Waals surface area contributed by atoms with Crippen LogP contribution in [0.3, 0.4) is 0 Å². The molecule has 7 nitrogen and oxygen atoms in total. The fraction of sp³-hybridized carbons (Fsp3) is 0.417. The lowest BCUT2D eigenvalue weighted by Crippen LogP contribution is -2.24. The van der Waals surface area contributed by atoms with Crippen molar-refractivity contribution in [1.82, 2.24) is 19.9 Å². The summed E-state index contributed by atoms with van der Waals surface area (Å²) in [5.74, 6) is -0.183. The molecular weight excluding hydrogens is 502 g/mol. The lowest BCUT2D eigenvalue weighted by atomic mass is 9.92. The molecule has 0 radical (unpaired) electrons. The van der Waals surface area contributed by atoms with E-state index in [1.807, 2.05) is 19.0 Å². The van der Waals surface area contributed by atoms with Gasteiger partial charge in [-0.15, -0.1) is 0 Å². The van der Waals surface area contributed by atoms with Crippen LogP contribution in [0, 0.1) is 0 Å². The number of allylic oxidation sites excluding steroid dienone is 3. The van der Waals surface area contributed by atoms with Gasteiger partial charge in [0.1, 0.15) is 0 Å². The SMILES string of the molecule is CN(C)CCCc1cnc(C(F)(F)F)c(Nc2ncc3c(n2)C=C2C=C(C(F)(F)F)CCC2=[N+](O)C3)c1. The van der Waals surface area contributed by atoms with Gasteiger partial charge in [0.2, 0.25) is 18.2 Å². The summed E-state index contributed by atoms with van der Waals surface area (Å²) in [5, 5.41) is 13.0. The second-order valence-corrected chi connectivity index (χ2v) is 9.14. The number of aryl methyl sites for hydroxylation is 1. The van der Waals surface area contributed by atoms with Crippen LogP contribution in [-0.2, 0) is 19.1 Å². The Morgan fingerprint density at radius 1 is 1.03 bits per heavy atom. The van der Waals surface area contributed by atoms with Gasteiger partial charge >= 0.3 is 12.4 Å². The minimum atomic E-state index is -4.74. The number of hydrogen-bond donors (Lipinski definition) is 2. The summed E-state index contributed by atoms with van der Waals surface area (Å²) < 4.78 is 81.6. The normalized spacial score (nSPS) is 16.1. The largest absolute Gasteiger partial charge is 0.435 e. The zero-order valence-corrected chi connectivity index (χ0v) is 20.1. The quantitative estimate of drug-likeness (QED) is 0.308. The Morgan fingerprint density at radius 2 is 1.78 bits per heavy atom. The van der Waals surface area contributed by atoms with Crippen LogP contribution in [0.2, 0.25) is 0 Å². The number of hydrogen-bond acceptors (Lipinski definition) is 6. The Kier molecular flexibility index (Phi) is 7.27. The minimum Gasteiger partial charge on any atom is -0.322 e. The van der Waals surface area contributed by atoms with Gasteiger partial charge in [0.25, 0.3) is 0 Å². The van der Waals surface area contributed by atoms with Gasteiger partial charge in [-0.25, -0.2) is 15.0 Å². The van der Waals surface area contributed by atoms with E-state index in [4.69, 9.17) is 0 Å². The first-order chi connectivity index (χ1) is 17.3. The van der Waals surface area contributed by atoms with E-state index in [2.05, 4.69) is 20.3 Å². The van der Waals surface area contributed by atoms with Crippen LogP contribution in [-0.4, -0.2) is 62.3 Å². The first kappa shape index (κ1) is 26.6. The molecule has 1 aliphatic carbocycles. The van der Waals surface area contributed by atoms with Crippen LogP contribution in [0.25, 0.3) is 6.08 Å². The highest BCUT2D eigenvalue weighted by Crippen LogP contribution is 2.37. The second kappa shape index (κ2) is 10.1. The van der Waals surface area contributed by atoms with Crippen LogP contribution in [0.15, 0.2) is 35.7 Å². The van der Waals surface area contributed by atoms with Crippen molar-refractivity contribution in [2.24, 2.45) is 0 Å². The van der Waals surface area contributed by atoms with Gasteiger partial charge in [-0.3, -0.25) is 5.21 Å². The molecule has 0 saturated heterocycles. The molecule has 2 N–H and O–H groups in total. The van der Waals surface area contributed by atoms with E-state index in [0.29, 0.717) is 29.7 Å². The Balaban J connectivity index is 1.68. The Labute approximate surface area is 208 Å². The molecule has 0 saturated carbocycles. The van der Waals surface area contributed by atoms with Crippen molar-refractivity contribution in [3.05, 3.63) is 58.2 Å². The minimum absolute atomic E-state index is 0.0264. The lowest BCUT2D eigenvalue weighted by Gasteiger charge is -2.16. The number of halogens is 6. The number of anilines is 2. The van der Waals surface area contributed by atoms with E-state index in [9.17, 15) is 31.5 Å². The standard InChI is InChI=1S/C24H25F6N6O/c1-35(2)7-3-4-14-8-19(21(31-11-14)24(28,29)30)34-22-32-12-16-13-36(37)20-6-5-17(23(25,26)27)9-15(20)10-18(16)33-22/h8-12,37H,3-7,13H2,1-2H3,(H,32,33,34)/q+1. The molecule has 0 fully saturated rings. The number of pyridine rings is 1. The molecule has 1 aliphatic heterocycles. The van der Waals surface area contributed by atoms with Crippen molar-refractivity contribution in [3.63, 3.8) is 0 Å². The Bertz CT molecular complexity index is 1280. The first-order valence-corrected chi connectivity index (χ1v) is 11.5. The maximum absolute atomic E-state index is 13.6. The van der Waals surface area contributed by atoms with Gasteiger partial charge in [-0.05, 0) is 68.4 Å². The predicted molar refractivity (Wildman–Crippen MR) is 124 cm³/mol. The summed E-state index contributed by atoms with van der Waals surface area (Å²) in [7, 11) is 3.79. The molecule has 3 heterocycles. The molecule has 0 atom stereocenters. The Morgan fingerprint density at radius 3 is 2.46 bits per heavy atom. The second-order valence-electron chi connectivity index (χ2n) is 9.14. The van der Waals surface area contributed by atoms with E-state index < -0.39 is 23.6 Å². The van der Waals surface area contributed by atoms with Crippen molar-refractivity contribution in [2.45, 2.75) is 44.6 Å². The molecule has 2 aliphatic rings. The van der Waals surface area contributed by atoms with Gasteiger partial charge in [0.15, 0.2) is 5.69 Å². The summed E-state index contributed by atoms with van der Waals surface area (Å²) in [6.07, 6.45) is -3.50. The zero-order chi connectivity index (χ0) is 27.0. The highest BCUT2D eigenvalue weighted by atomic mass is 19.4. The van der Waals surface area contributed by atoms with Crippen LogP contribution < -0.4 is 5.32 Å². The number of fused-ring (bicyclic) bond motifs is 2. The van der Waals surface area contributed by atoms with Gasteiger partial charge in [-0.1, -0.05) is 0 Å². The molecule has 37 heavy (non-hydrogen) atoms. The molecule has 0 aromatic carbocycles. The van der Waals surface area contributed by atoms with Gasteiger partial charge < -0.3 is 10.2 Å². The molecule has 198 valence electrons. The number of aromatic nitrogens is 3. The van der Waals surface area contributed by atoms with E-state index in [-0.39, 0.29) is 42.3 Å². The third-order valence-electron chi connectivity index (χ3n) is 6.01. The summed E-state index contributed by atoms with van der Waals surface area (Å²) >= 11 is 0. The fourth-order valence-corrected chi connectivity index (χ4v) is 4.18. The lowest BCUT2D eigenvalue weighted by molar-refractivity contribution is -0.787. The fourth-order valence-electron chi connectivity index (χ4n) is 4.18. The molecule has 0 amide bonds. The van der Waals surface area contributed by atoms with Crippen molar-refractivity contribution < 1.29 is 36.3 Å². The monoisotopic (exact) mass is 527 g/mol.